The zero-order valence-corrected chi connectivity index (χ0v) is 10.0. The number of fused-ring (bicyclic) bond motifs is 1. The van der Waals surface area contributed by atoms with Crippen molar-refractivity contribution in [2.24, 2.45) is 0 Å². The number of imide groups is 1. The third kappa shape index (κ3) is 1.85. The number of phenolic OH excluding ortho intramolecular Hbond substituents is 1. The van der Waals surface area contributed by atoms with Gasteiger partial charge < -0.3 is 10.0 Å². The molecule has 2 aliphatic rings. The first-order valence-electron chi connectivity index (χ1n) is 6.03. The van der Waals surface area contributed by atoms with Crippen molar-refractivity contribution in [3.05, 3.63) is 29.3 Å². The lowest BCUT2D eigenvalue weighted by Gasteiger charge is -2.29. The Kier molecular flexibility index (Phi) is 2.51. The normalized spacial score (nSPS) is 22.4. The third-order valence-corrected chi connectivity index (χ3v) is 3.51. The highest BCUT2D eigenvalue weighted by Gasteiger charge is 2.38. The predicted octanol–water partition coefficient (Wildman–Crippen LogP) is 0.399. The van der Waals surface area contributed by atoms with E-state index in [-0.39, 0.29) is 32.0 Å². The average molecular weight is 262 g/mol. The number of nitrogens with one attached hydrogen (secondary N) is 1. The van der Waals surface area contributed by atoms with Crippen LogP contribution >= 0.6 is 0 Å². The van der Waals surface area contributed by atoms with Crippen molar-refractivity contribution in [3.8, 4) is 5.75 Å². The summed E-state index contributed by atoms with van der Waals surface area (Å²) >= 11 is 0. The van der Waals surface area contributed by atoms with E-state index in [1.54, 1.807) is 6.07 Å². The van der Waals surface area contributed by atoms with Crippen LogP contribution in [-0.2, 0) is 16.1 Å². The zero-order valence-electron chi connectivity index (χ0n) is 10.0. The highest BCUT2D eigenvalue weighted by atomic mass is 16.3. The second kappa shape index (κ2) is 4.08. The molecular formula is C13H14N2O4. The van der Waals surface area contributed by atoms with Gasteiger partial charge >= 0.3 is 0 Å². The van der Waals surface area contributed by atoms with Gasteiger partial charge in [-0.15, -0.1) is 0 Å². The SMILES string of the molecule is O=C1CCC(N2Cc3cc(O)ccc3C2=O)C(=O)N1.[HH]. The summed E-state index contributed by atoms with van der Waals surface area (Å²) in [6.45, 7) is 0.287. The first-order chi connectivity index (χ1) is 9.06. The maximum atomic E-state index is 12.2. The summed E-state index contributed by atoms with van der Waals surface area (Å²) in [4.78, 5) is 36.6. The Balaban J connectivity index is 0.00000147. The van der Waals surface area contributed by atoms with Crippen molar-refractivity contribution in [3.63, 3.8) is 0 Å². The molecule has 0 saturated carbocycles. The molecule has 1 aromatic carbocycles. The van der Waals surface area contributed by atoms with Crippen LogP contribution in [0.25, 0.3) is 0 Å². The first kappa shape index (κ1) is 11.7. The Morgan fingerprint density at radius 2 is 2.11 bits per heavy atom. The van der Waals surface area contributed by atoms with Gasteiger partial charge in [-0.05, 0) is 30.2 Å². The summed E-state index contributed by atoms with van der Waals surface area (Å²) in [7, 11) is 0. The number of carbonyl (C=O) groups excluding carboxylic acids is 3. The quantitative estimate of drug-likeness (QED) is 0.717. The first-order valence-corrected chi connectivity index (χ1v) is 6.03. The van der Waals surface area contributed by atoms with Gasteiger partial charge in [0.05, 0.1) is 0 Å². The van der Waals surface area contributed by atoms with E-state index in [0.717, 1.165) is 0 Å². The molecule has 0 aromatic heterocycles. The van der Waals surface area contributed by atoms with E-state index in [1.165, 1.54) is 17.0 Å². The molecule has 3 rings (SSSR count). The minimum Gasteiger partial charge on any atom is -0.508 e. The standard InChI is InChI=1S/C13H12N2O4.H2/c16-8-1-2-9-7(5-8)6-15(13(9)19)10-3-4-11(17)14-12(10)18;/h1-2,5,10,16H,3-4,6H2,(H,14,17,18);1H. The van der Waals surface area contributed by atoms with E-state index in [2.05, 4.69) is 5.32 Å². The van der Waals surface area contributed by atoms with Gasteiger partial charge in [0.1, 0.15) is 11.8 Å². The lowest BCUT2D eigenvalue weighted by molar-refractivity contribution is -0.136. The Morgan fingerprint density at radius 3 is 2.84 bits per heavy atom. The molecule has 2 aliphatic heterocycles. The lowest BCUT2D eigenvalue weighted by atomic mass is 10.0. The third-order valence-electron chi connectivity index (χ3n) is 3.51. The fourth-order valence-corrected chi connectivity index (χ4v) is 2.56. The molecule has 2 N–H and O–H groups in total. The summed E-state index contributed by atoms with van der Waals surface area (Å²) < 4.78 is 0. The number of amides is 3. The number of phenols is 1. The van der Waals surface area contributed by atoms with Crippen molar-refractivity contribution >= 4 is 17.7 Å². The Morgan fingerprint density at radius 1 is 1.32 bits per heavy atom. The minimum absolute atomic E-state index is 0. The van der Waals surface area contributed by atoms with Crippen LogP contribution in [0.4, 0.5) is 0 Å². The van der Waals surface area contributed by atoms with Crippen LogP contribution < -0.4 is 5.32 Å². The predicted molar refractivity (Wildman–Crippen MR) is 66.3 cm³/mol. The molecule has 100 valence electrons. The van der Waals surface area contributed by atoms with Crippen molar-refractivity contribution in [1.82, 2.24) is 10.2 Å². The van der Waals surface area contributed by atoms with Crippen LogP contribution in [0.2, 0.25) is 0 Å². The van der Waals surface area contributed by atoms with Gasteiger partial charge in [0, 0.05) is 20.0 Å². The Hall–Kier alpha value is -2.37. The van der Waals surface area contributed by atoms with E-state index in [4.69, 9.17) is 0 Å². The molecule has 0 spiro atoms. The number of piperidine rings is 1. The smallest absolute Gasteiger partial charge is 0.255 e. The van der Waals surface area contributed by atoms with Gasteiger partial charge in [-0.1, -0.05) is 0 Å². The van der Waals surface area contributed by atoms with E-state index < -0.39 is 11.9 Å². The lowest BCUT2D eigenvalue weighted by Crippen LogP contribution is -2.52. The highest BCUT2D eigenvalue weighted by Crippen LogP contribution is 2.29. The Labute approximate surface area is 110 Å². The van der Waals surface area contributed by atoms with Gasteiger partial charge in [-0.25, -0.2) is 0 Å². The molecule has 2 heterocycles. The molecule has 6 heteroatoms. The number of nitrogens with zero attached hydrogens (tertiary/aromatic N) is 1. The summed E-state index contributed by atoms with van der Waals surface area (Å²) in [5, 5.41) is 11.7. The van der Waals surface area contributed by atoms with Gasteiger partial charge in [-0.3, -0.25) is 19.7 Å². The van der Waals surface area contributed by atoms with Crippen LogP contribution in [0.1, 0.15) is 30.2 Å². The topological polar surface area (TPSA) is 86.7 Å². The van der Waals surface area contributed by atoms with Crippen molar-refractivity contribution < 1.29 is 20.9 Å². The monoisotopic (exact) mass is 262 g/mol. The number of benzene rings is 1. The van der Waals surface area contributed by atoms with E-state index in [9.17, 15) is 19.5 Å². The van der Waals surface area contributed by atoms with E-state index >= 15 is 0 Å². The molecule has 1 fully saturated rings. The van der Waals surface area contributed by atoms with Crippen molar-refractivity contribution in [1.29, 1.82) is 0 Å². The summed E-state index contributed by atoms with van der Waals surface area (Å²) in [5.74, 6) is -0.870. The molecule has 0 radical (unpaired) electrons. The van der Waals surface area contributed by atoms with Crippen LogP contribution in [-0.4, -0.2) is 33.8 Å². The largest absolute Gasteiger partial charge is 0.508 e. The van der Waals surface area contributed by atoms with Crippen molar-refractivity contribution in [2.45, 2.75) is 25.4 Å². The van der Waals surface area contributed by atoms with Gasteiger partial charge in [-0.2, -0.15) is 0 Å². The zero-order chi connectivity index (χ0) is 13.6. The van der Waals surface area contributed by atoms with Crippen LogP contribution in [0.5, 0.6) is 5.75 Å². The van der Waals surface area contributed by atoms with Gasteiger partial charge in [0.25, 0.3) is 5.91 Å². The molecule has 1 aromatic rings. The van der Waals surface area contributed by atoms with E-state index in [0.29, 0.717) is 17.5 Å². The second-order valence-electron chi connectivity index (χ2n) is 4.74. The van der Waals surface area contributed by atoms with Crippen LogP contribution in [0, 0.1) is 0 Å². The maximum Gasteiger partial charge on any atom is 0.255 e. The Bertz CT molecular complexity index is 602. The molecule has 6 nitrogen and oxygen atoms in total. The van der Waals surface area contributed by atoms with E-state index in [1.807, 2.05) is 0 Å². The molecular weight excluding hydrogens is 248 g/mol. The molecule has 1 saturated heterocycles. The average Bonchev–Trinajstić information content (AvgIpc) is 2.66. The maximum absolute atomic E-state index is 12.2. The number of hydrogen-bond donors (Lipinski definition) is 2. The number of carbonyl (C=O) groups is 3. The molecule has 0 bridgehead atoms. The fraction of sp³-hybridized carbons (Fsp3) is 0.308. The van der Waals surface area contributed by atoms with Crippen LogP contribution in [0.3, 0.4) is 0 Å². The minimum atomic E-state index is -0.611. The molecule has 0 aliphatic carbocycles. The molecule has 1 atom stereocenters. The number of hydrogen-bond acceptors (Lipinski definition) is 4. The van der Waals surface area contributed by atoms with Gasteiger partial charge in [0.15, 0.2) is 0 Å². The molecule has 1 unspecified atom stereocenters. The fourth-order valence-electron chi connectivity index (χ4n) is 2.56. The highest BCUT2D eigenvalue weighted by molar-refractivity contribution is 6.05. The summed E-state index contributed by atoms with van der Waals surface area (Å²) in [6, 6.07) is 3.92. The second-order valence-corrected chi connectivity index (χ2v) is 4.74. The van der Waals surface area contributed by atoms with Gasteiger partial charge in [0.2, 0.25) is 11.8 Å². The van der Waals surface area contributed by atoms with Crippen molar-refractivity contribution in [2.75, 3.05) is 0 Å². The molecule has 19 heavy (non-hydrogen) atoms. The number of aromatic hydroxyl groups is 1. The summed E-state index contributed by atoms with van der Waals surface area (Å²) in [6.07, 6.45) is 0.582. The summed E-state index contributed by atoms with van der Waals surface area (Å²) in [5.41, 5.74) is 1.21. The number of rotatable bonds is 1. The van der Waals surface area contributed by atoms with Crippen LogP contribution in [0.15, 0.2) is 18.2 Å². The molecule has 3 amide bonds.